The van der Waals surface area contributed by atoms with Gasteiger partial charge in [-0.1, -0.05) is 12.1 Å². The van der Waals surface area contributed by atoms with Gasteiger partial charge in [0.15, 0.2) is 0 Å². The van der Waals surface area contributed by atoms with E-state index in [2.05, 4.69) is 0 Å². The van der Waals surface area contributed by atoms with E-state index in [0.717, 1.165) is 12.1 Å². The smallest absolute Gasteiger partial charge is 0.359 e. The molecule has 1 aromatic heterocycles. The van der Waals surface area contributed by atoms with Crippen LogP contribution in [0.2, 0.25) is 0 Å². The molecule has 0 spiro atoms. The molecule has 0 N–H and O–H groups in total. The Bertz CT molecular complexity index is 900. The molecule has 0 aliphatic carbocycles. The molecule has 0 unspecified atom stereocenters. The third kappa shape index (κ3) is 2.16. The van der Waals surface area contributed by atoms with Crippen LogP contribution in [-0.4, -0.2) is 4.92 Å². The molecule has 0 amide bonds. The number of rotatable bonds is 2. The second-order valence-electron chi connectivity index (χ2n) is 4.37. The highest BCUT2D eigenvalue weighted by Gasteiger charge is 2.25. The molecule has 0 saturated carbocycles. The Balaban J connectivity index is 2.40. The van der Waals surface area contributed by atoms with Crippen LogP contribution in [0.1, 0.15) is 0 Å². The highest BCUT2D eigenvalue weighted by Crippen LogP contribution is 2.30. The SMILES string of the molecule is O=c1c([N+](=O)[O-])c(-c2ccc(F)cc2)oc2ccccc12. The number of halogens is 1. The van der Waals surface area contributed by atoms with Crippen molar-refractivity contribution in [1.29, 1.82) is 0 Å². The Labute approximate surface area is 117 Å². The van der Waals surface area contributed by atoms with Gasteiger partial charge >= 0.3 is 5.69 Å². The molecule has 0 fully saturated rings. The van der Waals surface area contributed by atoms with Gasteiger partial charge in [0.05, 0.1) is 10.3 Å². The van der Waals surface area contributed by atoms with Gasteiger partial charge in [0.1, 0.15) is 11.4 Å². The molecule has 3 aromatic rings. The van der Waals surface area contributed by atoms with Crippen molar-refractivity contribution in [2.75, 3.05) is 0 Å². The molecule has 0 aliphatic rings. The average molecular weight is 285 g/mol. The lowest BCUT2D eigenvalue weighted by molar-refractivity contribution is -0.386. The van der Waals surface area contributed by atoms with E-state index in [1.807, 2.05) is 0 Å². The molecule has 0 bridgehead atoms. The van der Waals surface area contributed by atoms with Crippen LogP contribution >= 0.6 is 0 Å². The largest absolute Gasteiger partial charge is 0.449 e. The monoisotopic (exact) mass is 285 g/mol. The van der Waals surface area contributed by atoms with Gasteiger partial charge in [-0.25, -0.2) is 4.39 Å². The number of hydrogen-bond acceptors (Lipinski definition) is 4. The molecule has 3 rings (SSSR count). The van der Waals surface area contributed by atoms with Crippen LogP contribution in [0.3, 0.4) is 0 Å². The fourth-order valence-corrected chi connectivity index (χ4v) is 2.09. The van der Waals surface area contributed by atoms with E-state index in [1.165, 1.54) is 18.2 Å². The van der Waals surface area contributed by atoms with Gasteiger partial charge in [-0.3, -0.25) is 14.9 Å². The zero-order chi connectivity index (χ0) is 15.0. The molecule has 6 heteroatoms. The summed E-state index contributed by atoms with van der Waals surface area (Å²) in [5.74, 6) is -0.659. The lowest BCUT2D eigenvalue weighted by atomic mass is 10.1. The second-order valence-corrected chi connectivity index (χ2v) is 4.37. The Kier molecular flexibility index (Phi) is 2.98. The molecule has 104 valence electrons. The van der Waals surface area contributed by atoms with E-state index in [-0.39, 0.29) is 22.3 Å². The van der Waals surface area contributed by atoms with Crippen LogP contribution < -0.4 is 5.43 Å². The van der Waals surface area contributed by atoms with Gasteiger partial charge in [-0.15, -0.1) is 0 Å². The van der Waals surface area contributed by atoms with Crippen molar-refractivity contribution in [2.24, 2.45) is 0 Å². The summed E-state index contributed by atoms with van der Waals surface area (Å²) in [5.41, 5.74) is -0.861. The van der Waals surface area contributed by atoms with Crippen molar-refractivity contribution in [2.45, 2.75) is 0 Å². The van der Waals surface area contributed by atoms with Gasteiger partial charge in [0.2, 0.25) is 5.76 Å². The van der Waals surface area contributed by atoms with E-state index < -0.39 is 21.9 Å². The second kappa shape index (κ2) is 4.82. The van der Waals surface area contributed by atoms with Gasteiger partial charge in [-0.2, -0.15) is 0 Å². The van der Waals surface area contributed by atoms with Crippen molar-refractivity contribution in [1.82, 2.24) is 0 Å². The number of benzene rings is 2. The van der Waals surface area contributed by atoms with Crippen molar-refractivity contribution >= 4 is 16.7 Å². The van der Waals surface area contributed by atoms with E-state index in [4.69, 9.17) is 4.42 Å². The highest BCUT2D eigenvalue weighted by molar-refractivity contribution is 5.83. The molecular formula is C15H8FNO4. The van der Waals surface area contributed by atoms with Crippen LogP contribution in [0.5, 0.6) is 0 Å². The molecule has 2 aromatic carbocycles. The minimum Gasteiger partial charge on any atom is -0.449 e. The molecule has 0 radical (unpaired) electrons. The van der Waals surface area contributed by atoms with Crippen LogP contribution in [-0.2, 0) is 0 Å². The van der Waals surface area contributed by atoms with Crippen LogP contribution in [0.15, 0.2) is 57.7 Å². The van der Waals surface area contributed by atoms with E-state index in [1.54, 1.807) is 18.2 Å². The summed E-state index contributed by atoms with van der Waals surface area (Å²) in [7, 11) is 0. The fraction of sp³-hybridized carbons (Fsp3) is 0. The first-order valence-corrected chi connectivity index (χ1v) is 6.04. The number of para-hydroxylation sites is 1. The first-order valence-electron chi connectivity index (χ1n) is 6.04. The molecule has 1 heterocycles. The zero-order valence-electron chi connectivity index (χ0n) is 10.6. The lowest BCUT2D eigenvalue weighted by Crippen LogP contribution is -2.10. The Hall–Kier alpha value is -3.02. The average Bonchev–Trinajstić information content (AvgIpc) is 2.47. The van der Waals surface area contributed by atoms with Crippen LogP contribution in [0.25, 0.3) is 22.3 Å². The molecule has 0 atom stereocenters. The Morgan fingerprint density at radius 1 is 1.05 bits per heavy atom. The van der Waals surface area contributed by atoms with E-state index in [0.29, 0.717) is 0 Å². The van der Waals surface area contributed by atoms with Crippen molar-refractivity contribution < 1.29 is 13.7 Å². The van der Waals surface area contributed by atoms with Crippen molar-refractivity contribution in [3.8, 4) is 11.3 Å². The van der Waals surface area contributed by atoms with Gasteiger partial charge < -0.3 is 4.42 Å². The highest BCUT2D eigenvalue weighted by atomic mass is 19.1. The lowest BCUT2D eigenvalue weighted by Gasteiger charge is -2.04. The first kappa shape index (κ1) is 13.0. The minimum absolute atomic E-state index is 0.134. The summed E-state index contributed by atoms with van der Waals surface area (Å²) >= 11 is 0. The normalized spacial score (nSPS) is 10.7. The van der Waals surface area contributed by atoms with Crippen molar-refractivity contribution in [3.63, 3.8) is 0 Å². The van der Waals surface area contributed by atoms with Crippen molar-refractivity contribution in [3.05, 3.63) is 74.7 Å². The third-order valence-electron chi connectivity index (χ3n) is 3.06. The number of hydrogen-bond donors (Lipinski definition) is 0. The molecule has 5 nitrogen and oxygen atoms in total. The van der Waals surface area contributed by atoms with Crippen LogP contribution in [0.4, 0.5) is 10.1 Å². The maximum absolute atomic E-state index is 13.0. The summed E-state index contributed by atoms with van der Waals surface area (Å²) in [6.45, 7) is 0. The fourth-order valence-electron chi connectivity index (χ4n) is 2.09. The summed E-state index contributed by atoms with van der Waals surface area (Å²) in [4.78, 5) is 22.7. The molecule has 0 aliphatic heterocycles. The quantitative estimate of drug-likeness (QED) is 0.533. The maximum atomic E-state index is 13.0. The number of fused-ring (bicyclic) bond motifs is 1. The van der Waals surface area contributed by atoms with E-state index in [9.17, 15) is 19.3 Å². The Morgan fingerprint density at radius 2 is 1.71 bits per heavy atom. The summed E-state index contributed by atoms with van der Waals surface area (Å²) in [6.07, 6.45) is 0. The standard InChI is InChI=1S/C15H8FNO4/c16-10-7-5-9(6-8-10)15-13(17(19)20)14(18)11-3-1-2-4-12(11)21-15/h1-8H. The topological polar surface area (TPSA) is 73.3 Å². The minimum atomic E-state index is -0.781. The van der Waals surface area contributed by atoms with Gasteiger partial charge in [0.25, 0.3) is 5.43 Å². The Morgan fingerprint density at radius 3 is 2.38 bits per heavy atom. The predicted octanol–water partition coefficient (Wildman–Crippen LogP) is 3.51. The summed E-state index contributed by atoms with van der Waals surface area (Å²) in [5, 5.41) is 11.3. The zero-order valence-corrected chi connectivity index (χ0v) is 10.6. The molecular weight excluding hydrogens is 277 g/mol. The summed E-state index contributed by atoms with van der Waals surface area (Å²) < 4.78 is 18.5. The molecule has 0 saturated heterocycles. The van der Waals surface area contributed by atoms with Gasteiger partial charge in [-0.05, 0) is 36.4 Å². The number of nitro groups is 1. The molecule has 21 heavy (non-hydrogen) atoms. The first-order chi connectivity index (χ1) is 10.1. The third-order valence-corrected chi connectivity index (χ3v) is 3.06. The predicted molar refractivity (Wildman–Crippen MR) is 74.5 cm³/mol. The van der Waals surface area contributed by atoms with E-state index >= 15 is 0 Å². The van der Waals surface area contributed by atoms with Gasteiger partial charge in [0, 0.05) is 5.56 Å². The van der Waals surface area contributed by atoms with Crippen LogP contribution in [0, 0.1) is 15.9 Å². The number of nitrogens with zero attached hydrogens (tertiary/aromatic N) is 1. The maximum Gasteiger partial charge on any atom is 0.359 e. The summed E-state index contributed by atoms with van der Waals surface area (Å²) in [6, 6.07) is 11.2.